The number of fused-ring (bicyclic) bond motifs is 2. The van der Waals surface area contributed by atoms with Gasteiger partial charge in [-0.15, -0.1) is 0 Å². The number of rotatable bonds is 6. The Balaban J connectivity index is 1.62. The van der Waals surface area contributed by atoms with Crippen LogP contribution in [0.25, 0.3) is 0 Å². The molecule has 4 rings (SSSR count). The maximum atomic E-state index is 12.9. The molecule has 0 atom stereocenters. The number of hydrazine groups is 2. The molecule has 0 radical (unpaired) electrons. The molecule has 6 nitrogen and oxygen atoms in total. The van der Waals surface area contributed by atoms with E-state index in [9.17, 15) is 9.59 Å². The summed E-state index contributed by atoms with van der Waals surface area (Å²) in [4.78, 5) is 25.2. The SMILES string of the molecule is CC(C)(C)OC(=O)c1ccc(CCc2ccccc2)cc1NN1NC(=O)c2cccc1c2. The number of amides is 1. The number of benzene rings is 3. The van der Waals surface area contributed by atoms with Crippen LogP contribution in [0.4, 0.5) is 11.4 Å². The van der Waals surface area contributed by atoms with Gasteiger partial charge in [0.2, 0.25) is 0 Å². The van der Waals surface area contributed by atoms with Crippen molar-refractivity contribution < 1.29 is 14.3 Å². The fourth-order valence-electron chi connectivity index (χ4n) is 3.51. The Morgan fingerprint density at radius 3 is 2.44 bits per heavy atom. The average Bonchev–Trinajstić information content (AvgIpc) is 2.76. The summed E-state index contributed by atoms with van der Waals surface area (Å²) < 4.78 is 5.60. The zero-order chi connectivity index (χ0) is 22.7. The van der Waals surface area contributed by atoms with Crippen molar-refractivity contribution in [2.24, 2.45) is 0 Å². The van der Waals surface area contributed by atoms with Crippen LogP contribution in [0, 0.1) is 0 Å². The van der Waals surface area contributed by atoms with E-state index < -0.39 is 11.6 Å². The summed E-state index contributed by atoms with van der Waals surface area (Å²) in [6.07, 6.45) is 1.70. The molecule has 0 unspecified atom stereocenters. The third-order valence-electron chi connectivity index (χ3n) is 5.06. The van der Waals surface area contributed by atoms with Crippen molar-refractivity contribution in [1.82, 2.24) is 5.43 Å². The zero-order valence-electron chi connectivity index (χ0n) is 18.5. The van der Waals surface area contributed by atoms with E-state index in [1.165, 1.54) is 10.7 Å². The average molecular weight is 430 g/mol. The van der Waals surface area contributed by atoms with Crippen LogP contribution in [-0.4, -0.2) is 17.5 Å². The first-order chi connectivity index (χ1) is 15.3. The molecule has 0 aliphatic carbocycles. The predicted octanol–water partition coefficient (Wildman–Crippen LogP) is 4.92. The van der Waals surface area contributed by atoms with Gasteiger partial charge in [0.1, 0.15) is 5.60 Å². The van der Waals surface area contributed by atoms with E-state index in [1.54, 1.807) is 18.2 Å². The number of hydrogen-bond acceptors (Lipinski definition) is 5. The van der Waals surface area contributed by atoms with E-state index in [1.807, 2.05) is 63.2 Å². The van der Waals surface area contributed by atoms with Gasteiger partial charge < -0.3 is 4.74 Å². The van der Waals surface area contributed by atoms with Crippen LogP contribution in [0.15, 0.2) is 72.8 Å². The van der Waals surface area contributed by atoms with Crippen molar-refractivity contribution in [2.75, 3.05) is 10.5 Å². The molecule has 32 heavy (non-hydrogen) atoms. The van der Waals surface area contributed by atoms with Crippen LogP contribution >= 0.6 is 0 Å². The van der Waals surface area contributed by atoms with Crippen LogP contribution in [-0.2, 0) is 17.6 Å². The van der Waals surface area contributed by atoms with Gasteiger partial charge in [0.15, 0.2) is 0 Å². The van der Waals surface area contributed by atoms with Gasteiger partial charge in [-0.25, -0.2) is 10.2 Å². The first-order valence-corrected chi connectivity index (χ1v) is 10.7. The molecule has 0 spiro atoms. The lowest BCUT2D eigenvalue weighted by Gasteiger charge is -2.31. The Kier molecular flexibility index (Phi) is 5.86. The predicted molar refractivity (Wildman–Crippen MR) is 125 cm³/mol. The number of aryl methyl sites for hydroxylation is 2. The van der Waals surface area contributed by atoms with E-state index in [-0.39, 0.29) is 5.91 Å². The molecule has 1 heterocycles. The third kappa shape index (κ3) is 5.09. The number of carbonyl (C=O) groups excluding carboxylic acids is 2. The largest absolute Gasteiger partial charge is 0.456 e. The molecule has 1 amide bonds. The maximum absolute atomic E-state index is 12.9. The molecule has 0 aromatic heterocycles. The van der Waals surface area contributed by atoms with Crippen LogP contribution in [0.1, 0.15) is 52.6 Å². The van der Waals surface area contributed by atoms with E-state index in [0.717, 1.165) is 24.1 Å². The van der Waals surface area contributed by atoms with Gasteiger partial charge in [-0.05, 0) is 75.1 Å². The number of nitrogens with one attached hydrogen (secondary N) is 2. The van der Waals surface area contributed by atoms with Gasteiger partial charge in [-0.1, -0.05) is 42.5 Å². The molecule has 0 fully saturated rings. The number of anilines is 2. The van der Waals surface area contributed by atoms with Gasteiger partial charge in [-0.2, -0.15) is 5.12 Å². The second-order valence-electron chi connectivity index (χ2n) is 8.81. The Morgan fingerprint density at radius 1 is 0.938 bits per heavy atom. The second-order valence-corrected chi connectivity index (χ2v) is 8.81. The zero-order valence-corrected chi connectivity index (χ0v) is 18.5. The highest BCUT2D eigenvalue weighted by molar-refractivity contribution is 5.99. The van der Waals surface area contributed by atoms with E-state index >= 15 is 0 Å². The molecule has 0 saturated heterocycles. The molecular weight excluding hydrogens is 402 g/mol. The fourth-order valence-corrected chi connectivity index (χ4v) is 3.51. The monoisotopic (exact) mass is 429 g/mol. The first-order valence-electron chi connectivity index (χ1n) is 10.7. The summed E-state index contributed by atoms with van der Waals surface area (Å²) in [6, 6.07) is 23.2. The van der Waals surface area contributed by atoms with Gasteiger partial charge in [0.25, 0.3) is 5.91 Å². The van der Waals surface area contributed by atoms with Gasteiger partial charge in [-0.3, -0.25) is 10.2 Å². The highest BCUT2D eigenvalue weighted by Gasteiger charge is 2.24. The minimum Gasteiger partial charge on any atom is -0.456 e. The van der Waals surface area contributed by atoms with E-state index in [4.69, 9.17) is 4.74 Å². The molecule has 3 aromatic rings. The smallest absolute Gasteiger partial charge is 0.340 e. The Morgan fingerprint density at radius 2 is 1.69 bits per heavy atom. The molecular formula is C26H27N3O3. The Bertz CT molecular complexity index is 1140. The van der Waals surface area contributed by atoms with Crippen molar-refractivity contribution >= 4 is 23.3 Å². The van der Waals surface area contributed by atoms with Crippen LogP contribution in [0.3, 0.4) is 0 Å². The molecule has 2 N–H and O–H groups in total. The normalized spacial score (nSPS) is 12.8. The van der Waals surface area contributed by atoms with Crippen molar-refractivity contribution in [3.05, 3.63) is 95.1 Å². The maximum Gasteiger partial charge on any atom is 0.340 e. The summed E-state index contributed by atoms with van der Waals surface area (Å²) >= 11 is 0. The van der Waals surface area contributed by atoms with E-state index in [2.05, 4.69) is 23.0 Å². The van der Waals surface area contributed by atoms with Gasteiger partial charge >= 0.3 is 5.97 Å². The molecule has 2 bridgehead atoms. The van der Waals surface area contributed by atoms with Crippen molar-refractivity contribution in [3.8, 4) is 0 Å². The van der Waals surface area contributed by atoms with Crippen LogP contribution in [0.2, 0.25) is 0 Å². The highest BCUT2D eigenvalue weighted by atomic mass is 16.6. The lowest BCUT2D eigenvalue weighted by atomic mass is 10.0. The van der Waals surface area contributed by atoms with Crippen LogP contribution in [0.5, 0.6) is 0 Å². The molecule has 6 heteroatoms. The number of ether oxygens (including phenoxy) is 1. The quantitative estimate of drug-likeness (QED) is 0.545. The highest BCUT2D eigenvalue weighted by Crippen LogP contribution is 2.26. The topological polar surface area (TPSA) is 70.7 Å². The second kappa shape index (κ2) is 8.75. The van der Waals surface area contributed by atoms with Gasteiger partial charge in [0, 0.05) is 5.56 Å². The summed E-state index contributed by atoms with van der Waals surface area (Å²) in [7, 11) is 0. The number of hydrogen-bond donors (Lipinski definition) is 2. The number of nitrogens with zero attached hydrogens (tertiary/aromatic N) is 1. The van der Waals surface area contributed by atoms with Crippen molar-refractivity contribution in [2.45, 2.75) is 39.2 Å². The standard InChI is InChI=1S/C26H27N3O3/c1-26(2,3)32-25(31)22-15-14-19(13-12-18-8-5-4-6-9-18)16-23(22)27-29-21-11-7-10-20(17-21)24(30)28-29/h4-11,14-17,27H,12-13H2,1-3H3,(H,28,30). The van der Waals surface area contributed by atoms with Gasteiger partial charge in [0.05, 0.1) is 16.9 Å². The molecule has 1 aliphatic rings. The summed E-state index contributed by atoms with van der Waals surface area (Å²) in [6.45, 7) is 5.51. The first kappa shape index (κ1) is 21.4. The van der Waals surface area contributed by atoms with Crippen LogP contribution < -0.4 is 16.0 Å². The van der Waals surface area contributed by atoms with Crippen molar-refractivity contribution in [1.29, 1.82) is 0 Å². The fraction of sp³-hybridized carbons (Fsp3) is 0.231. The molecule has 164 valence electrons. The number of carbonyl (C=O) groups is 2. The summed E-state index contributed by atoms with van der Waals surface area (Å²) in [5, 5.41) is 1.53. The molecule has 1 aliphatic heterocycles. The minimum atomic E-state index is -0.617. The third-order valence-corrected chi connectivity index (χ3v) is 5.06. The lowest BCUT2D eigenvalue weighted by Crippen LogP contribution is -2.48. The van der Waals surface area contributed by atoms with E-state index in [0.29, 0.717) is 16.8 Å². The van der Waals surface area contributed by atoms with Crippen molar-refractivity contribution in [3.63, 3.8) is 0 Å². The summed E-state index contributed by atoms with van der Waals surface area (Å²) in [5.41, 5.74) is 10.0. The molecule has 0 saturated carbocycles. The summed E-state index contributed by atoms with van der Waals surface area (Å²) in [5.74, 6) is -0.642. The lowest BCUT2D eigenvalue weighted by molar-refractivity contribution is 0.00706. The molecule has 3 aromatic carbocycles. The minimum absolute atomic E-state index is 0.218. The Hall–Kier alpha value is -3.80. The number of esters is 1. The Labute approximate surface area is 188 Å².